The maximum absolute atomic E-state index is 5.08. The van der Waals surface area contributed by atoms with Crippen LogP contribution in [0.3, 0.4) is 0 Å². The third-order valence-corrected chi connectivity index (χ3v) is 2.66. The summed E-state index contributed by atoms with van der Waals surface area (Å²) in [6.07, 6.45) is 3.32. The summed E-state index contributed by atoms with van der Waals surface area (Å²) in [4.78, 5) is 8.55. The number of benzene rings is 2. The van der Waals surface area contributed by atoms with Crippen molar-refractivity contribution in [2.75, 3.05) is 14.2 Å². The molecule has 0 saturated heterocycles. The number of ether oxygens (including phenoxy) is 2. The molecular formula is C16H16N2O2. The van der Waals surface area contributed by atoms with Gasteiger partial charge in [-0.2, -0.15) is 0 Å². The molecule has 2 rings (SSSR count). The summed E-state index contributed by atoms with van der Waals surface area (Å²) in [6.45, 7) is 0. The van der Waals surface area contributed by atoms with E-state index in [2.05, 4.69) is 9.98 Å². The second-order valence-corrected chi connectivity index (χ2v) is 3.95. The second kappa shape index (κ2) is 7.09. The van der Waals surface area contributed by atoms with Gasteiger partial charge in [-0.15, -0.1) is 0 Å². The minimum atomic E-state index is 0.816. The fraction of sp³-hybridized carbons (Fsp3) is 0.125. The van der Waals surface area contributed by atoms with E-state index < -0.39 is 0 Å². The van der Waals surface area contributed by atoms with E-state index >= 15 is 0 Å². The minimum absolute atomic E-state index is 0.816. The average molecular weight is 268 g/mol. The lowest BCUT2D eigenvalue weighted by molar-refractivity contribution is 0.415. The molecule has 102 valence electrons. The molecule has 20 heavy (non-hydrogen) atoms. The normalized spacial score (nSPS) is 11.1. The third-order valence-electron chi connectivity index (χ3n) is 2.66. The fourth-order valence-electron chi connectivity index (χ4n) is 1.58. The van der Waals surface area contributed by atoms with Crippen LogP contribution in [0.15, 0.2) is 58.5 Å². The topological polar surface area (TPSA) is 43.2 Å². The molecule has 4 nitrogen and oxygen atoms in total. The molecule has 2 aromatic carbocycles. The van der Waals surface area contributed by atoms with Crippen LogP contribution < -0.4 is 9.47 Å². The van der Waals surface area contributed by atoms with Crippen LogP contribution >= 0.6 is 0 Å². The third kappa shape index (κ3) is 3.95. The van der Waals surface area contributed by atoms with Crippen molar-refractivity contribution in [1.29, 1.82) is 0 Å². The fourth-order valence-corrected chi connectivity index (χ4v) is 1.58. The first-order valence-electron chi connectivity index (χ1n) is 6.16. The number of nitrogens with zero attached hydrogens (tertiary/aromatic N) is 2. The Hall–Kier alpha value is -2.62. The molecule has 0 heterocycles. The summed E-state index contributed by atoms with van der Waals surface area (Å²) in [5.74, 6) is 1.63. The lowest BCUT2D eigenvalue weighted by Gasteiger charge is -1.98. The van der Waals surface area contributed by atoms with Crippen LogP contribution in [0, 0.1) is 0 Å². The van der Waals surface area contributed by atoms with Crippen LogP contribution in [0.2, 0.25) is 0 Å². The van der Waals surface area contributed by atoms with Gasteiger partial charge in [-0.1, -0.05) is 0 Å². The van der Waals surface area contributed by atoms with Gasteiger partial charge in [0.2, 0.25) is 0 Å². The zero-order valence-corrected chi connectivity index (χ0v) is 11.5. The Morgan fingerprint density at radius 1 is 0.650 bits per heavy atom. The summed E-state index contributed by atoms with van der Waals surface area (Å²) >= 11 is 0. The van der Waals surface area contributed by atoms with Crippen molar-refractivity contribution in [3.8, 4) is 11.5 Å². The number of hydrogen-bond donors (Lipinski definition) is 0. The Morgan fingerprint density at radius 3 is 1.30 bits per heavy atom. The molecule has 0 unspecified atom stereocenters. The minimum Gasteiger partial charge on any atom is -0.497 e. The highest BCUT2D eigenvalue weighted by Gasteiger charge is 1.91. The molecule has 2 aromatic rings. The Bertz CT molecular complexity index is 531. The quantitative estimate of drug-likeness (QED) is 0.774. The van der Waals surface area contributed by atoms with Crippen LogP contribution in [0.4, 0.5) is 11.4 Å². The van der Waals surface area contributed by atoms with Crippen LogP contribution in [0.1, 0.15) is 0 Å². The van der Waals surface area contributed by atoms with Crippen molar-refractivity contribution < 1.29 is 9.47 Å². The highest BCUT2D eigenvalue weighted by molar-refractivity contribution is 6.17. The molecule has 0 atom stereocenters. The molecule has 4 heteroatoms. The molecule has 0 aromatic heterocycles. The van der Waals surface area contributed by atoms with E-state index in [4.69, 9.17) is 9.47 Å². The summed E-state index contributed by atoms with van der Waals surface area (Å²) in [5.41, 5.74) is 1.71. The summed E-state index contributed by atoms with van der Waals surface area (Å²) in [5, 5.41) is 0. The number of aliphatic imine (C=N–C) groups is 2. The summed E-state index contributed by atoms with van der Waals surface area (Å²) < 4.78 is 10.2. The van der Waals surface area contributed by atoms with Crippen LogP contribution in [-0.4, -0.2) is 26.6 Å². The van der Waals surface area contributed by atoms with E-state index in [0.29, 0.717) is 0 Å². The van der Waals surface area contributed by atoms with Crippen molar-refractivity contribution in [3.63, 3.8) is 0 Å². The number of methoxy groups -OCH3 is 2. The largest absolute Gasteiger partial charge is 0.497 e. The second-order valence-electron chi connectivity index (χ2n) is 3.95. The van der Waals surface area contributed by atoms with Gasteiger partial charge < -0.3 is 9.47 Å². The smallest absolute Gasteiger partial charge is 0.119 e. The molecule has 0 spiro atoms. The molecule has 0 bridgehead atoms. The van der Waals surface area contributed by atoms with Gasteiger partial charge in [0.15, 0.2) is 0 Å². The number of rotatable bonds is 5. The van der Waals surface area contributed by atoms with Gasteiger partial charge in [-0.25, -0.2) is 0 Å². The molecule has 0 amide bonds. The standard InChI is InChI=1S/C16H16N2O2/c1-19-15-7-3-13(4-8-15)17-11-12-18-14-5-9-16(20-2)10-6-14/h3-12H,1-2H3. The van der Waals surface area contributed by atoms with E-state index in [0.717, 1.165) is 22.9 Å². The first kappa shape index (κ1) is 13.8. The van der Waals surface area contributed by atoms with Crippen molar-refractivity contribution >= 4 is 23.8 Å². The van der Waals surface area contributed by atoms with Crippen LogP contribution in [-0.2, 0) is 0 Å². The maximum atomic E-state index is 5.08. The van der Waals surface area contributed by atoms with Crippen molar-refractivity contribution in [2.24, 2.45) is 9.98 Å². The van der Waals surface area contributed by atoms with Crippen molar-refractivity contribution in [1.82, 2.24) is 0 Å². The molecule has 0 saturated carbocycles. The maximum Gasteiger partial charge on any atom is 0.119 e. The van der Waals surface area contributed by atoms with Gasteiger partial charge in [0.05, 0.1) is 25.6 Å². The average Bonchev–Trinajstić information content (AvgIpc) is 2.53. The van der Waals surface area contributed by atoms with Gasteiger partial charge in [0, 0.05) is 12.4 Å². The van der Waals surface area contributed by atoms with Crippen molar-refractivity contribution in [3.05, 3.63) is 48.5 Å². The lowest BCUT2D eigenvalue weighted by atomic mass is 10.3. The Morgan fingerprint density at radius 2 is 1.00 bits per heavy atom. The van der Waals surface area contributed by atoms with E-state index in [9.17, 15) is 0 Å². The summed E-state index contributed by atoms with van der Waals surface area (Å²) in [6, 6.07) is 15.0. The molecular weight excluding hydrogens is 252 g/mol. The summed E-state index contributed by atoms with van der Waals surface area (Å²) in [7, 11) is 3.28. The molecule has 0 aliphatic heterocycles. The number of hydrogen-bond acceptors (Lipinski definition) is 4. The van der Waals surface area contributed by atoms with Gasteiger partial charge >= 0.3 is 0 Å². The van der Waals surface area contributed by atoms with Crippen LogP contribution in [0.5, 0.6) is 11.5 Å². The molecule has 0 radical (unpaired) electrons. The highest BCUT2D eigenvalue weighted by atomic mass is 16.5. The lowest BCUT2D eigenvalue weighted by Crippen LogP contribution is -1.81. The van der Waals surface area contributed by atoms with E-state index in [-0.39, 0.29) is 0 Å². The predicted octanol–water partition coefficient (Wildman–Crippen LogP) is 3.81. The van der Waals surface area contributed by atoms with Gasteiger partial charge in [-0.3, -0.25) is 9.98 Å². The Labute approximate surface area is 118 Å². The molecule has 0 aliphatic rings. The van der Waals surface area contributed by atoms with Crippen molar-refractivity contribution in [2.45, 2.75) is 0 Å². The van der Waals surface area contributed by atoms with Gasteiger partial charge in [-0.05, 0) is 48.5 Å². The predicted molar refractivity (Wildman–Crippen MR) is 82.3 cm³/mol. The van der Waals surface area contributed by atoms with Gasteiger partial charge in [0.25, 0.3) is 0 Å². The molecule has 0 aliphatic carbocycles. The molecule has 0 N–H and O–H groups in total. The van der Waals surface area contributed by atoms with E-state index in [1.165, 1.54) is 0 Å². The first-order valence-corrected chi connectivity index (χ1v) is 6.16. The zero-order valence-electron chi connectivity index (χ0n) is 11.5. The van der Waals surface area contributed by atoms with Gasteiger partial charge in [0.1, 0.15) is 11.5 Å². The van der Waals surface area contributed by atoms with E-state index in [1.807, 2.05) is 48.5 Å². The Kier molecular flexibility index (Phi) is 4.89. The Balaban J connectivity index is 1.95. The van der Waals surface area contributed by atoms with E-state index in [1.54, 1.807) is 26.6 Å². The zero-order chi connectivity index (χ0) is 14.2. The molecule has 0 fully saturated rings. The monoisotopic (exact) mass is 268 g/mol. The SMILES string of the molecule is COc1ccc(N=CC=Nc2ccc(OC)cc2)cc1. The van der Waals surface area contributed by atoms with Crippen LogP contribution in [0.25, 0.3) is 0 Å². The first-order chi connectivity index (χ1) is 9.81. The highest BCUT2D eigenvalue weighted by Crippen LogP contribution is 2.18.